The van der Waals surface area contributed by atoms with Crippen molar-refractivity contribution in [2.45, 2.75) is 4.90 Å². The fourth-order valence-corrected chi connectivity index (χ4v) is 7.23. The van der Waals surface area contributed by atoms with E-state index in [0.717, 1.165) is 60.6 Å². The van der Waals surface area contributed by atoms with Crippen LogP contribution in [0.3, 0.4) is 0 Å². The Morgan fingerprint density at radius 3 is 2.51 bits per heavy atom. The maximum absolute atomic E-state index is 12.7. The highest BCUT2D eigenvalue weighted by atomic mass is 32.2. The number of thiocarbonyl (C=S) groups is 1. The van der Waals surface area contributed by atoms with E-state index in [1.807, 2.05) is 12.1 Å². The van der Waals surface area contributed by atoms with Crippen LogP contribution in [0.15, 0.2) is 66.1 Å². The number of morpholine rings is 1. The number of hydrogen-bond acceptors (Lipinski definition) is 11. The monoisotopic (exact) mass is 705 g/mol. The number of sulfonamides is 1. The summed E-state index contributed by atoms with van der Waals surface area (Å²) in [5.41, 5.74) is 2.37. The predicted octanol–water partition coefficient (Wildman–Crippen LogP) is 2.36. The van der Waals surface area contributed by atoms with E-state index in [-0.39, 0.29) is 10.8 Å². The number of nitrogens with zero attached hydrogens (tertiary/aromatic N) is 6. The Morgan fingerprint density at radius 1 is 1.02 bits per heavy atom. The standard InChI is InChI=1S/C32H36N10O5S2/c1-45-26-20-25-24(19-27(26)47-18-15-40-13-16-46-17-14-40)28-29(38-25)35-21-36-30(28)41-9-11-42(12-10-41)32(48)37-22-3-5-23(6-4-22)49(43,44)39-31-33-7-2-8-34-31/h2-8,19-21H,9-18H2,1H3,(H,37,48)(H,33,34,39)(H,35,36,38)/p+1. The number of aromatic amines is 2. The van der Waals surface area contributed by atoms with E-state index >= 15 is 0 Å². The lowest BCUT2D eigenvalue weighted by Crippen LogP contribution is -2.51. The van der Waals surface area contributed by atoms with Gasteiger partial charge in [-0.05, 0) is 48.6 Å². The number of nitrogens with one attached hydrogen (secondary N) is 4. The molecule has 17 heteroatoms. The molecule has 2 fully saturated rings. The number of rotatable bonds is 10. The second-order valence-electron chi connectivity index (χ2n) is 11.6. The molecule has 2 aliphatic rings. The normalized spacial score (nSPS) is 15.8. The number of anilines is 3. The van der Waals surface area contributed by atoms with E-state index in [1.165, 1.54) is 24.5 Å². The Kier molecular flexibility index (Phi) is 9.56. The van der Waals surface area contributed by atoms with Crippen molar-refractivity contribution < 1.29 is 27.6 Å². The summed E-state index contributed by atoms with van der Waals surface area (Å²) in [6, 6.07) is 12.0. The summed E-state index contributed by atoms with van der Waals surface area (Å²) in [5.74, 6) is 2.32. The number of methoxy groups -OCH3 is 1. The lowest BCUT2D eigenvalue weighted by atomic mass is 10.1. The van der Waals surface area contributed by atoms with Gasteiger partial charge in [0.15, 0.2) is 16.6 Å². The molecule has 5 aromatic rings. The van der Waals surface area contributed by atoms with E-state index in [1.54, 1.807) is 31.6 Å². The first kappa shape index (κ1) is 32.7. The molecule has 0 bridgehead atoms. The largest absolute Gasteiger partial charge is 0.493 e. The van der Waals surface area contributed by atoms with E-state index in [0.29, 0.717) is 55.1 Å². The zero-order chi connectivity index (χ0) is 33.8. The third kappa shape index (κ3) is 7.29. The predicted molar refractivity (Wildman–Crippen MR) is 189 cm³/mol. The molecule has 49 heavy (non-hydrogen) atoms. The van der Waals surface area contributed by atoms with Crippen LogP contribution in [-0.4, -0.2) is 116 Å². The van der Waals surface area contributed by atoms with E-state index in [2.05, 4.69) is 49.7 Å². The molecule has 2 saturated heterocycles. The van der Waals surface area contributed by atoms with Gasteiger partial charge in [-0.15, -0.1) is 0 Å². The molecular formula is C32H37N10O5S2+. The number of benzene rings is 2. The highest BCUT2D eigenvalue weighted by Gasteiger charge is 2.28. The Hall–Kier alpha value is -4.84. The number of ether oxygens (including phenoxy) is 3. The molecule has 7 rings (SSSR count). The first-order valence-electron chi connectivity index (χ1n) is 15.9. The zero-order valence-electron chi connectivity index (χ0n) is 26.9. The third-order valence-electron chi connectivity index (χ3n) is 8.55. The number of aromatic nitrogens is 5. The molecule has 0 saturated carbocycles. The summed E-state index contributed by atoms with van der Waals surface area (Å²) in [6.07, 6.45) is 4.64. The molecule has 0 atom stereocenters. The summed E-state index contributed by atoms with van der Waals surface area (Å²) in [5, 5.41) is 5.78. The zero-order valence-corrected chi connectivity index (χ0v) is 28.5. The van der Waals surface area contributed by atoms with E-state index in [9.17, 15) is 8.42 Å². The van der Waals surface area contributed by atoms with Crippen LogP contribution in [0.4, 0.5) is 17.5 Å². The lowest BCUT2D eigenvalue weighted by Gasteiger charge is -2.34. The summed E-state index contributed by atoms with van der Waals surface area (Å²) in [7, 11) is -2.18. The maximum atomic E-state index is 12.7. The molecule has 2 aliphatic heterocycles. The highest BCUT2D eigenvalue weighted by Crippen LogP contribution is 2.38. The van der Waals surface area contributed by atoms with Crippen molar-refractivity contribution in [3.8, 4) is 11.5 Å². The maximum Gasteiger partial charge on any atom is 0.264 e. The van der Waals surface area contributed by atoms with Crippen molar-refractivity contribution in [3.05, 3.63) is 61.2 Å². The molecule has 0 unspecified atom stereocenters. The molecule has 0 spiro atoms. The fourth-order valence-electron chi connectivity index (χ4n) is 5.97. The van der Waals surface area contributed by atoms with Crippen LogP contribution in [-0.2, 0) is 14.8 Å². The first-order valence-corrected chi connectivity index (χ1v) is 17.8. The average molecular weight is 706 g/mol. The van der Waals surface area contributed by atoms with Gasteiger partial charge in [-0.3, -0.25) is 9.80 Å². The van der Waals surface area contributed by atoms with Crippen molar-refractivity contribution in [2.75, 3.05) is 87.7 Å². The molecule has 15 nitrogen and oxygen atoms in total. The van der Waals surface area contributed by atoms with Gasteiger partial charge < -0.3 is 29.4 Å². The Morgan fingerprint density at radius 2 is 1.78 bits per heavy atom. The molecule has 0 amide bonds. The number of H-pyrrole nitrogens is 2. The molecule has 256 valence electrons. The molecule has 5 heterocycles. The molecular weight excluding hydrogens is 669 g/mol. The van der Waals surface area contributed by atoms with Crippen LogP contribution >= 0.6 is 12.2 Å². The van der Waals surface area contributed by atoms with Gasteiger partial charge in [-0.2, -0.15) is 0 Å². The molecule has 3 aromatic heterocycles. The van der Waals surface area contributed by atoms with Crippen LogP contribution in [0, 0.1) is 0 Å². The van der Waals surface area contributed by atoms with Gasteiger partial charge in [0.1, 0.15) is 12.0 Å². The van der Waals surface area contributed by atoms with Crippen LogP contribution in [0.25, 0.3) is 21.9 Å². The summed E-state index contributed by atoms with van der Waals surface area (Å²) in [4.78, 5) is 26.1. The van der Waals surface area contributed by atoms with Gasteiger partial charge in [-0.1, -0.05) is 4.98 Å². The van der Waals surface area contributed by atoms with Crippen molar-refractivity contribution in [1.29, 1.82) is 0 Å². The van der Waals surface area contributed by atoms with E-state index < -0.39 is 10.0 Å². The molecule has 0 aliphatic carbocycles. The topological polar surface area (TPSA) is 164 Å². The van der Waals surface area contributed by atoms with Gasteiger partial charge >= 0.3 is 0 Å². The fraction of sp³-hybridized carbons (Fsp3) is 0.344. The Balaban J connectivity index is 1.01. The van der Waals surface area contributed by atoms with E-state index in [4.69, 9.17) is 26.4 Å². The van der Waals surface area contributed by atoms with Gasteiger partial charge in [0, 0.05) is 49.2 Å². The van der Waals surface area contributed by atoms with Crippen molar-refractivity contribution in [3.63, 3.8) is 0 Å². The smallest absolute Gasteiger partial charge is 0.264 e. The minimum absolute atomic E-state index is 0.00826. The van der Waals surface area contributed by atoms with Crippen LogP contribution in [0.1, 0.15) is 0 Å². The summed E-state index contributed by atoms with van der Waals surface area (Å²) >= 11 is 5.74. The number of fused-ring (bicyclic) bond motifs is 3. The van der Waals surface area contributed by atoms with Crippen LogP contribution in [0.2, 0.25) is 0 Å². The number of piperazine rings is 1. The lowest BCUT2D eigenvalue weighted by molar-refractivity contribution is -0.367. The third-order valence-corrected chi connectivity index (χ3v) is 10.3. The summed E-state index contributed by atoms with van der Waals surface area (Å²) < 4.78 is 45.2. The van der Waals surface area contributed by atoms with Crippen molar-refractivity contribution in [2.24, 2.45) is 0 Å². The van der Waals surface area contributed by atoms with Crippen molar-refractivity contribution >= 4 is 66.7 Å². The van der Waals surface area contributed by atoms with Crippen LogP contribution in [0.5, 0.6) is 11.5 Å². The molecule has 4 N–H and O–H groups in total. The van der Waals surface area contributed by atoms with Crippen molar-refractivity contribution in [1.82, 2.24) is 29.7 Å². The van der Waals surface area contributed by atoms with Crippen LogP contribution < -0.4 is 29.4 Å². The first-order chi connectivity index (χ1) is 23.9. The van der Waals surface area contributed by atoms with Gasteiger partial charge in [0.05, 0.1) is 56.9 Å². The van der Waals surface area contributed by atoms with Gasteiger partial charge in [0.25, 0.3) is 10.0 Å². The quantitative estimate of drug-likeness (QED) is 0.182. The molecule has 0 radical (unpaired) electrons. The second-order valence-corrected chi connectivity index (χ2v) is 13.6. The van der Waals surface area contributed by atoms with Gasteiger partial charge in [0.2, 0.25) is 23.7 Å². The molecule has 2 aromatic carbocycles. The average Bonchev–Trinajstić information content (AvgIpc) is 3.50. The Bertz CT molecular complexity index is 2030. The highest BCUT2D eigenvalue weighted by molar-refractivity contribution is 7.92. The second kappa shape index (κ2) is 14.3. The summed E-state index contributed by atoms with van der Waals surface area (Å²) in [6.45, 7) is 7.47. The van der Waals surface area contributed by atoms with Gasteiger partial charge in [-0.25, -0.2) is 28.1 Å². The minimum atomic E-state index is -3.83. The number of hydrogen-bond donors (Lipinski definition) is 3. The minimum Gasteiger partial charge on any atom is -0.493 e. The SMILES string of the molecule is COc1cc2[nH]c3nc[nH+]c(N4CCN(C(=S)Nc5ccc(S(=O)(=O)Nc6ncccn6)cc5)CC4)c3c2cc1OCCN1CCOCC1. The Labute approximate surface area is 288 Å².